The molecule has 3 nitrogen and oxygen atoms in total. The summed E-state index contributed by atoms with van der Waals surface area (Å²) in [5.74, 6) is -0.0814. The number of aromatic nitrogens is 1. The molecule has 1 aromatic heterocycles. The van der Waals surface area contributed by atoms with Gasteiger partial charge in [0.2, 0.25) is 0 Å². The minimum Gasteiger partial charge on any atom is -0.322 e. The van der Waals surface area contributed by atoms with Gasteiger partial charge >= 0.3 is 0 Å². The van der Waals surface area contributed by atoms with Crippen LogP contribution in [-0.4, -0.2) is 17.1 Å². The lowest BCUT2D eigenvalue weighted by molar-refractivity contribution is 0.102. The van der Waals surface area contributed by atoms with E-state index in [2.05, 4.69) is 10.3 Å². The maximum absolute atomic E-state index is 12.3. The average molecular weight is 314 g/mol. The molecule has 0 unspecified atom stereocenters. The van der Waals surface area contributed by atoms with E-state index >= 15 is 0 Å². The van der Waals surface area contributed by atoms with Gasteiger partial charge in [-0.1, -0.05) is 30.0 Å². The van der Waals surface area contributed by atoms with E-state index in [1.54, 1.807) is 23.1 Å². The first kappa shape index (κ1) is 14.1. The van der Waals surface area contributed by atoms with Crippen LogP contribution in [0.4, 0.5) is 5.69 Å². The maximum atomic E-state index is 12.3. The van der Waals surface area contributed by atoms with E-state index in [0.717, 1.165) is 25.8 Å². The largest absolute Gasteiger partial charge is 0.322 e. The van der Waals surface area contributed by atoms with Crippen LogP contribution in [0.15, 0.2) is 46.8 Å². The fourth-order valence-electron chi connectivity index (χ4n) is 2.09. The van der Waals surface area contributed by atoms with Crippen molar-refractivity contribution in [1.82, 2.24) is 4.98 Å². The van der Waals surface area contributed by atoms with E-state index < -0.39 is 0 Å². The molecule has 106 valence electrons. The lowest BCUT2D eigenvalue weighted by Gasteiger charge is -2.07. The first-order valence-electron chi connectivity index (χ1n) is 6.49. The van der Waals surface area contributed by atoms with Gasteiger partial charge in [0.05, 0.1) is 10.2 Å². The molecule has 0 saturated carbocycles. The minimum atomic E-state index is -0.0814. The summed E-state index contributed by atoms with van der Waals surface area (Å²) < 4.78 is 2.12. The Bertz CT molecular complexity index is 811. The zero-order valence-electron chi connectivity index (χ0n) is 11.7. The molecule has 1 amide bonds. The molecule has 0 bridgehead atoms. The number of thioether (sulfide) groups is 1. The molecule has 1 heterocycles. The third kappa shape index (κ3) is 2.94. The Kier molecular flexibility index (Phi) is 3.94. The molecular formula is C16H14N2OS2. The predicted octanol–water partition coefficient (Wildman–Crippen LogP) is 4.58. The second-order valence-electron chi connectivity index (χ2n) is 4.64. The van der Waals surface area contributed by atoms with E-state index in [4.69, 9.17) is 0 Å². The number of benzene rings is 2. The van der Waals surface area contributed by atoms with Crippen LogP contribution in [0.3, 0.4) is 0 Å². The fourth-order valence-corrected chi connectivity index (χ4v) is 3.62. The number of carbonyl (C=O) groups excluding carboxylic acids is 1. The molecule has 0 aliphatic rings. The third-order valence-electron chi connectivity index (χ3n) is 3.19. The van der Waals surface area contributed by atoms with E-state index in [-0.39, 0.29) is 5.91 Å². The normalized spacial score (nSPS) is 10.8. The minimum absolute atomic E-state index is 0.0814. The highest BCUT2D eigenvalue weighted by Gasteiger charge is 2.10. The van der Waals surface area contributed by atoms with Crippen molar-refractivity contribution in [3.8, 4) is 0 Å². The molecule has 0 aliphatic heterocycles. The molecule has 0 aliphatic carbocycles. The van der Waals surface area contributed by atoms with E-state index in [1.165, 1.54) is 0 Å². The molecular weight excluding hydrogens is 300 g/mol. The van der Waals surface area contributed by atoms with Crippen LogP contribution in [0.25, 0.3) is 10.2 Å². The predicted molar refractivity (Wildman–Crippen MR) is 90.5 cm³/mol. The number of nitrogens with one attached hydrogen (secondary N) is 1. The number of hydrogen-bond acceptors (Lipinski definition) is 4. The summed E-state index contributed by atoms with van der Waals surface area (Å²) in [6, 6.07) is 13.4. The Morgan fingerprint density at radius 3 is 2.81 bits per heavy atom. The number of carbonyl (C=O) groups is 1. The summed E-state index contributed by atoms with van der Waals surface area (Å²) in [6.45, 7) is 1.94. The summed E-state index contributed by atoms with van der Waals surface area (Å²) >= 11 is 3.27. The first-order chi connectivity index (χ1) is 10.2. The van der Waals surface area contributed by atoms with Gasteiger partial charge in [-0.2, -0.15) is 0 Å². The standard InChI is InChI=1S/C16H14N2OS2/c1-10-5-3-4-6-12(10)15(19)17-11-7-8-13-14(9-11)21-16(18-13)20-2/h3-9H,1-2H3,(H,17,19). The molecule has 2 aromatic carbocycles. The molecule has 0 saturated heterocycles. The summed E-state index contributed by atoms with van der Waals surface area (Å²) in [7, 11) is 0. The van der Waals surface area contributed by atoms with E-state index in [9.17, 15) is 4.79 Å². The van der Waals surface area contributed by atoms with Crippen LogP contribution < -0.4 is 5.32 Å². The lowest BCUT2D eigenvalue weighted by atomic mass is 10.1. The van der Waals surface area contributed by atoms with Gasteiger partial charge in [-0.25, -0.2) is 4.98 Å². The molecule has 21 heavy (non-hydrogen) atoms. The molecule has 3 rings (SSSR count). The summed E-state index contributed by atoms with van der Waals surface area (Å²) in [5, 5.41) is 2.95. The van der Waals surface area contributed by atoms with Crippen molar-refractivity contribution in [2.45, 2.75) is 11.3 Å². The number of fused-ring (bicyclic) bond motifs is 1. The van der Waals surface area contributed by atoms with Crippen LogP contribution >= 0.6 is 23.1 Å². The van der Waals surface area contributed by atoms with Crippen LogP contribution in [0.2, 0.25) is 0 Å². The maximum Gasteiger partial charge on any atom is 0.255 e. The highest BCUT2D eigenvalue weighted by molar-refractivity contribution is 8.00. The van der Waals surface area contributed by atoms with Crippen molar-refractivity contribution in [2.75, 3.05) is 11.6 Å². The van der Waals surface area contributed by atoms with Crippen molar-refractivity contribution >= 4 is 44.9 Å². The van der Waals surface area contributed by atoms with Gasteiger partial charge in [0.15, 0.2) is 4.34 Å². The number of hydrogen-bond donors (Lipinski definition) is 1. The Morgan fingerprint density at radius 2 is 2.05 bits per heavy atom. The molecule has 1 N–H and O–H groups in total. The lowest BCUT2D eigenvalue weighted by Crippen LogP contribution is -2.13. The SMILES string of the molecule is CSc1nc2ccc(NC(=O)c3ccccc3C)cc2s1. The number of amides is 1. The smallest absolute Gasteiger partial charge is 0.255 e. The monoisotopic (exact) mass is 314 g/mol. The highest BCUT2D eigenvalue weighted by Crippen LogP contribution is 2.30. The molecule has 0 atom stereocenters. The van der Waals surface area contributed by atoms with E-state index in [1.807, 2.05) is 55.6 Å². The van der Waals surface area contributed by atoms with Crippen molar-refractivity contribution in [2.24, 2.45) is 0 Å². The Hall–Kier alpha value is -1.85. The summed E-state index contributed by atoms with van der Waals surface area (Å²) in [4.78, 5) is 16.8. The Balaban J connectivity index is 1.87. The number of anilines is 1. The summed E-state index contributed by atoms with van der Waals surface area (Å²) in [6.07, 6.45) is 2.01. The van der Waals surface area contributed by atoms with Crippen molar-refractivity contribution in [1.29, 1.82) is 0 Å². The van der Waals surface area contributed by atoms with E-state index in [0.29, 0.717) is 5.56 Å². The number of thiazole rings is 1. The van der Waals surface area contributed by atoms with Gasteiger partial charge in [0.1, 0.15) is 0 Å². The number of rotatable bonds is 3. The molecule has 0 spiro atoms. The second-order valence-corrected chi connectivity index (χ2v) is 6.72. The van der Waals surface area contributed by atoms with Gasteiger partial charge in [0, 0.05) is 11.3 Å². The molecule has 5 heteroatoms. The summed E-state index contributed by atoms with van der Waals surface area (Å²) in [5.41, 5.74) is 3.44. The van der Waals surface area contributed by atoms with Crippen molar-refractivity contribution in [3.63, 3.8) is 0 Å². The van der Waals surface area contributed by atoms with Gasteiger partial charge < -0.3 is 5.32 Å². The van der Waals surface area contributed by atoms with Crippen LogP contribution in [0.5, 0.6) is 0 Å². The highest BCUT2D eigenvalue weighted by atomic mass is 32.2. The third-order valence-corrected chi connectivity index (χ3v) is 5.19. The second kappa shape index (κ2) is 5.87. The molecule has 3 aromatic rings. The van der Waals surface area contributed by atoms with Crippen molar-refractivity contribution in [3.05, 3.63) is 53.6 Å². The first-order valence-corrected chi connectivity index (χ1v) is 8.53. The molecule has 0 fully saturated rings. The Morgan fingerprint density at radius 1 is 1.24 bits per heavy atom. The van der Waals surface area contributed by atoms with Gasteiger partial charge in [-0.15, -0.1) is 11.3 Å². The van der Waals surface area contributed by atoms with Crippen LogP contribution in [0, 0.1) is 6.92 Å². The Labute approximate surface area is 131 Å². The topological polar surface area (TPSA) is 42.0 Å². The zero-order valence-corrected chi connectivity index (χ0v) is 13.3. The average Bonchev–Trinajstić information content (AvgIpc) is 2.90. The fraction of sp³-hybridized carbons (Fsp3) is 0.125. The van der Waals surface area contributed by atoms with Gasteiger partial charge in [-0.05, 0) is 43.0 Å². The van der Waals surface area contributed by atoms with Crippen LogP contribution in [-0.2, 0) is 0 Å². The zero-order chi connectivity index (χ0) is 14.8. The number of nitrogens with zero attached hydrogens (tertiary/aromatic N) is 1. The van der Waals surface area contributed by atoms with Gasteiger partial charge in [-0.3, -0.25) is 4.79 Å². The quantitative estimate of drug-likeness (QED) is 0.720. The van der Waals surface area contributed by atoms with Crippen molar-refractivity contribution < 1.29 is 4.79 Å². The van der Waals surface area contributed by atoms with Crippen LogP contribution in [0.1, 0.15) is 15.9 Å². The molecule has 0 radical (unpaired) electrons. The number of aryl methyl sites for hydroxylation is 1. The van der Waals surface area contributed by atoms with Gasteiger partial charge in [0.25, 0.3) is 5.91 Å².